The van der Waals surface area contributed by atoms with Crippen molar-refractivity contribution in [3.63, 3.8) is 0 Å². The first-order chi connectivity index (χ1) is 17.4. The summed E-state index contributed by atoms with van der Waals surface area (Å²) in [6.45, 7) is 6.60. The van der Waals surface area contributed by atoms with E-state index in [1.807, 2.05) is 60.7 Å². The maximum absolute atomic E-state index is 12.6. The van der Waals surface area contributed by atoms with E-state index in [1.54, 1.807) is 6.92 Å². The standard InChI is InChI=1S/C28H28N6OS/c1-18(2)13-14-34-27(32-33-28(34)36-17-26(35)23(16-29)19(3)30)22-15-25(20-9-5-4-6-10-20)31-24-12-8-7-11-21(22)24/h4-12,15,18H,13-14,17,30H2,1-3H3/b23-19+. The van der Waals surface area contributed by atoms with Crippen LogP contribution in [0, 0.1) is 17.2 Å². The van der Waals surface area contributed by atoms with Crippen LogP contribution in [0.25, 0.3) is 33.5 Å². The van der Waals surface area contributed by atoms with Crippen LogP contribution in [0.15, 0.2) is 77.1 Å². The van der Waals surface area contributed by atoms with Gasteiger partial charge in [-0.3, -0.25) is 4.79 Å². The summed E-state index contributed by atoms with van der Waals surface area (Å²) >= 11 is 1.27. The molecule has 2 heterocycles. The molecule has 7 nitrogen and oxygen atoms in total. The minimum atomic E-state index is -0.316. The molecule has 2 N–H and O–H groups in total. The van der Waals surface area contributed by atoms with Crippen LogP contribution in [0.3, 0.4) is 0 Å². The van der Waals surface area contributed by atoms with Gasteiger partial charge in [-0.15, -0.1) is 10.2 Å². The molecule has 0 radical (unpaired) electrons. The average Bonchev–Trinajstić information content (AvgIpc) is 3.28. The number of ketones is 1. The lowest BCUT2D eigenvalue weighted by Crippen LogP contribution is -2.11. The fourth-order valence-electron chi connectivity index (χ4n) is 3.87. The molecule has 0 aliphatic heterocycles. The van der Waals surface area contributed by atoms with Gasteiger partial charge in [-0.05, 0) is 31.4 Å². The number of aromatic nitrogens is 4. The quantitative estimate of drug-likeness (QED) is 0.182. The van der Waals surface area contributed by atoms with Crippen LogP contribution in [-0.4, -0.2) is 31.3 Å². The molecule has 0 unspecified atom stereocenters. The Labute approximate surface area is 215 Å². The molecule has 4 aromatic rings. The third-order valence-electron chi connectivity index (χ3n) is 5.79. The maximum atomic E-state index is 12.6. The number of nitrogens with two attached hydrogens (primary N) is 1. The van der Waals surface area contributed by atoms with Gasteiger partial charge in [0.15, 0.2) is 16.8 Å². The number of para-hydroxylation sites is 1. The molecule has 4 rings (SSSR count). The highest BCUT2D eigenvalue weighted by Crippen LogP contribution is 2.33. The van der Waals surface area contributed by atoms with Crippen molar-refractivity contribution in [3.8, 4) is 28.7 Å². The molecule has 0 atom stereocenters. The zero-order valence-electron chi connectivity index (χ0n) is 20.6. The summed E-state index contributed by atoms with van der Waals surface area (Å²) in [7, 11) is 0. The second kappa shape index (κ2) is 11.2. The molecule has 0 bridgehead atoms. The van der Waals surface area contributed by atoms with Crippen molar-refractivity contribution in [2.45, 2.75) is 38.9 Å². The summed E-state index contributed by atoms with van der Waals surface area (Å²) in [5.41, 5.74) is 9.61. The Hall–Kier alpha value is -3.96. The number of Topliss-reactive ketones (excluding diaryl/α,β-unsaturated/α-hetero) is 1. The van der Waals surface area contributed by atoms with Crippen molar-refractivity contribution in [2.24, 2.45) is 11.7 Å². The van der Waals surface area contributed by atoms with Crippen molar-refractivity contribution < 1.29 is 4.79 Å². The number of hydrogen-bond acceptors (Lipinski definition) is 7. The Morgan fingerprint density at radius 2 is 1.83 bits per heavy atom. The Bertz CT molecular complexity index is 1460. The SMILES string of the molecule is C/C(N)=C(/C#N)C(=O)CSc1nnc(-c2cc(-c3ccccc3)nc3ccccc23)n1CCC(C)C. The first kappa shape index (κ1) is 25.1. The van der Waals surface area contributed by atoms with Gasteiger partial charge in [-0.25, -0.2) is 4.98 Å². The first-order valence-corrected chi connectivity index (χ1v) is 12.8. The van der Waals surface area contributed by atoms with E-state index in [1.165, 1.54) is 11.8 Å². The van der Waals surface area contributed by atoms with Crippen molar-refractivity contribution in [3.05, 3.63) is 71.9 Å². The lowest BCUT2D eigenvalue weighted by molar-refractivity contribution is -0.112. The first-order valence-electron chi connectivity index (χ1n) is 11.8. The van der Waals surface area contributed by atoms with Crippen molar-refractivity contribution in [2.75, 3.05) is 5.75 Å². The van der Waals surface area contributed by atoms with Crippen LogP contribution >= 0.6 is 11.8 Å². The van der Waals surface area contributed by atoms with Gasteiger partial charge >= 0.3 is 0 Å². The van der Waals surface area contributed by atoms with E-state index in [-0.39, 0.29) is 22.8 Å². The van der Waals surface area contributed by atoms with Gasteiger partial charge in [0, 0.05) is 28.8 Å². The predicted molar refractivity (Wildman–Crippen MR) is 144 cm³/mol. The summed E-state index contributed by atoms with van der Waals surface area (Å²) in [4.78, 5) is 17.5. The molecule has 0 aliphatic carbocycles. The summed E-state index contributed by atoms with van der Waals surface area (Å²) < 4.78 is 2.07. The zero-order valence-corrected chi connectivity index (χ0v) is 21.4. The molecule has 2 aromatic heterocycles. The number of thioether (sulfide) groups is 1. The molecule has 36 heavy (non-hydrogen) atoms. The number of benzene rings is 2. The van der Waals surface area contributed by atoms with Crippen molar-refractivity contribution in [1.29, 1.82) is 5.26 Å². The number of hydrogen-bond donors (Lipinski definition) is 1. The van der Waals surface area contributed by atoms with Crippen LogP contribution in [0.4, 0.5) is 0 Å². The Morgan fingerprint density at radius 1 is 1.11 bits per heavy atom. The van der Waals surface area contributed by atoms with Gasteiger partial charge in [0.2, 0.25) is 0 Å². The Kier molecular flexibility index (Phi) is 7.81. The van der Waals surface area contributed by atoms with Gasteiger partial charge in [0.05, 0.1) is 17.0 Å². The average molecular weight is 497 g/mol. The molecule has 2 aromatic carbocycles. The van der Waals surface area contributed by atoms with E-state index in [9.17, 15) is 10.1 Å². The van der Waals surface area contributed by atoms with Gasteiger partial charge in [0.1, 0.15) is 11.6 Å². The van der Waals surface area contributed by atoms with Crippen molar-refractivity contribution in [1.82, 2.24) is 19.7 Å². The smallest absolute Gasteiger partial charge is 0.191 e. The summed E-state index contributed by atoms with van der Waals surface area (Å²) in [5.74, 6) is 0.946. The summed E-state index contributed by atoms with van der Waals surface area (Å²) in [6, 6.07) is 22.0. The highest BCUT2D eigenvalue weighted by molar-refractivity contribution is 7.99. The summed E-state index contributed by atoms with van der Waals surface area (Å²) in [5, 5.41) is 19.9. The lowest BCUT2D eigenvalue weighted by atomic mass is 10.0. The van der Waals surface area contributed by atoms with Gasteiger partial charge < -0.3 is 10.3 Å². The highest BCUT2D eigenvalue weighted by Gasteiger charge is 2.20. The third kappa shape index (κ3) is 5.47. The van der Waals surface area contributed by atoms with Crippen LogP contribution in [0.2, 0.25) is 0 Å². The van der Waals surface area contributed by atoms with Crippen LogP contribution in [0.1, 0.15) is 27.2 Å². The minimum Gasteiger partial charge on any atom is -0.401 e. The van der Waals surface area contributed by atoms with E-state index in [4.69, 9.17) is 10.7 Å². The molecule has 182 valence electrons. The number of pyridine rings is 1. The molecule has 8 heteroatoms. The Morgan fingerprint density at radius 3 is 2.53 bits per heavy atom. The van der Waals surface area contributed by atoms with E-state index in [0.717, 1.165) is 40.0 Å². The maximum Gasteiger partial charge on any atom is 0.191 e. The fourth-order valence-corrected chi connectivity index (χ4v) is 4.71. The number of nitriles is 1. The number of carbonyl (C=O) groups is 1. The molecule has 0 saturated carbocycles. The van der Waals surface area contributed by atoms with Crippen LogP contribution in [0.5, 0.6) is 0 Å². The monoisotopic (exact) mass is 496 g/mol. The number of allylic oxidation sites excluding steroid dienone is 2. The number of rotatable bonds is 9. The number of fused-ring (bicyclic) bond motifs is 1. The normalized spacial score (nSPS) is 12.0. The number of carbonyl (C=O) groups excluding carboxylic acids is 1. The second-order valence-corrected chi connectivity index (χ2v) is 9.90. The van der Waals surface area contributed by atoms with E-state index < -0.39 is 0 Å². The van der Waals surface area contributed by atoms with Gasteiger partial charge in [-0.2, -0.15) is 5.26 Å². The molecule has 0 fully saturated rings. The van der Waals surface area contributed by atoms with Gasteiger partial charge in [-0.1, -0.05) is 74.1 Å². The molecule has 0 aliphatic rings. The molecular weight excluding hydrogens is 468 g/mol. The number of nitrogens with zero attached hydrogens (tertiary/aromatic N) is 5. The lowest BCUT2D eigenvalue weighted by Gasteiger charge is -2.14. The molecule has 0 amide bonds. The molecular formula is C28H28N6OS. The fraction of sp³-hybridized carbons (Fsp3) is 0.250. The van der Waals surface area contributed by atoms with Crippen LogP contribution < -0.4 is 5.73 Å². The molecule has 0 saturated heterocycles. The second-order valence-electron chi connectivity index (χ2n) is 8.96. The highest BCUT2D eigenvalue weighted by atomic mass is 32.2. The summed E-state index contributed by atoms with van der Waals surface area (Å²) in [6.07, 6.45) is 0.923. The van der Waals surface area contributed by atoms with Gasteiger partial charge in [0.25, 0.3) is 0 Å². The molecule has 0 spiro atoms. The topological polar surface area (TPSA) is 110 Å². The predicted octanol–water partition coefficient (Wildman–Crippen LogP) is 5.62. The Balaban J connectivity index is 1.80. The van der Waals surface area contributed by atoms with Crippen LogP contribution in [-0.2, 0) is 11.3 Å². The zero-order chi connectivity index (χ0) is 25.7. The third-order valence-corrected chi connectivity index (χ3v) is 6.76. The van der Waals surface area contributed by atoms with E-state index in [2.05, 4.69) is 34.7 Å². The van der Waals surface area contributed by atoms with Crippen molar-refractivity contribution >= 4 is 28.4 Å². The minimum absolute atomic E-state index is 0.0106. The van der Waals surface area contributed by atoms with E-state index in [0.29, 0.717) is 17.6 Å². The van der Waals surface area contributed by atoms with E-state index >= 15 is 0 Å². The largest absolute Gasteiger partial charge is 0.401 e.